The molecule has 0 bridgehead atoms. The summed E-state index contributed by atoms with van der Waals surface area (Å²) >= 11 is 15.5. The number of carbonyl (C=O) groups is 1. The molecule has 0 amide bonds. The van der Waals surface area contributed by atoms with Gasteiger partial charge < -0.3 is 4.74 Å². The van der Waals surface area contributed by atoms with E-state index >= 15 is 0 Å². The van der Waals surface area contributed by atoms with Gasteiger partial charge in [-0.3, -0.25) is 4.79 Å². The number of halogens is 3. The number of aryl methyl sites for hydroxylation is 1. The molecule has 0 fully saturated rings. The molecule has 0 atom stereocenters. The van der Waals surface area contributed by atoms with Gasteiger partial charge in [-0.1, -0.05) is 45.2 Å². The Bertz CT molecular complexity index is 684. The Labute approximate surface area is 135 Å². The number of rotatable bonds is 3. The second-order valence-corrected chi connectivity index (χ2v) is 5.87. The van der Waals surface area contributed by atoms with Crippen molar-refractivity contribution in [1.82, 2.24) is 0 Å². The molecule has 2 aromatic rings. The quantitative estimate of drug-likeness (QED) is 0.682. The Morgan fingerprint density at radius 1 is 1.20 bits per heavy atom. The summed E-state index contributed by atoms with van der Waals surface area (Å²) < 4.78 is 6.11. The van der Waals surface area contributed by atoms with Crippen LogP contribution in [-0.4, -0.2) is 12.9 Å². The minimum atomic E-state index is -0.227. The zero-order valence-corrected chi connectivity index (χ0v) is 13.9. The molecule has 20 heavy (non-hydrogen) atoms. The first-order chi connectivity index (χ1) is 9.45. The van der Waals surface area contributed by atoms with Gasteiger partial charge >= 0.3 is 0 Å². The molecule has 0 saturated heterocycles. The molecular weight excluding hydrogens is 363 g/mol. The zero-order valence-electron chi connectivity index (χ0n) is 10.8. The van der Waals surface area contributed by atoms with E-state index in [1.165, 1.54) is 7.11 Å². The lowest BCUT2D eigenvalue weighted by atomic mass is 10.0. The van der Waals surface area contributed by atoms with Gasteiger partial charge in [-0.2, -0.15) is 0 Å². The number of benzene rings is 2. The Morgan fingerprint density at radius 3 is 2.55 bits per heavy atom. The Morgan fingerprint density at radius 2 is 1.90 bits per heavy atom. The highest BCUT2D eigenvalue weighted by Gasteiger charge is 2.19. The van der Waals surface area contributed by atoms with Crippen molar-refractivity contribution in [2.45, 2.75) is 6.92 Å². The first-order valence-corrected chi connectivity index (χ1v) is 7.33. The summed E-state index contributed by atoms with van der Waals surface area (Å²) in [5.41, 5.74) is 1.78. The number of ether oxygens (including phenoxy) is 1. The molecule has 5 heteroatoms. The predicted octanol–water partition coefficient (Wildman–Crippen LogP) is 5.30. The lowest BCUT2D eigenvalue weighted by Crippen LogP contribution is -2.05. The first-order valence-electron chi connectivity index (χ1n) is 5.78. The predicted molar refractivity (Wildman–Crippen MR) is 85.3 cm³/mol. The maximum absolute atomic E-state index is 12.6. The third-order valence-corrected chi connectivity index (χ3v) is 4.59. The maximum atomic E-state index is 12.6. The molecule has 0 N–H and O–H groups in total. The summed E-state index contributed by atoms with van der Waals surface area (Å²) in [5.74, 6) is 0.279. The van der Waals surface area contributed by atoms with Crippen molar-refractivity contribution < 1.29 is 9.53 Å². The third kappa shape index (κ3) is 2.85. The molecule has 0 heterocycles. The SMILES string of the molecule is COc1cc(C)c(Br)cc1C(=O)c1cccc(Cl)c1Cl. The number of hydrogen-bond donors (Lipinski definition) is 0. The van der Waals surface area contributed by atoms with Crippen LogP contribution in [0.3, 0.4) is 0 Å². The number of ketones is 1. The molecule has 0 aliphatic carbocycles. The van der Waals surface area contributed by atoms with E-state index in [9.17, 15) is 4.79 Å². The van der Waals surface area contributed by atoms with Crippen molar-refractivity contribution in [2.24, 2.45) is 0 Å². The molecule has 0 aromatic heterocycles. The second kappa shape index (κ2) is 6.17. The minimum absolute atomic E-state index is 0.227. The third-order valence-electron chi connectivity index (χ3n) is 2.92. The zero-order chi connectivity index (χ0) is 14.9. The molecule has 0 aliphatic rings. The van der Waals surface area contributed by atoms with Gasteiger partial charge in [0.25, 0.3) is 0 Å². The van der Waals surface area contributed by atoms with Crippen molar-refractivity contribution in [2.75, 3.05) is 7.11 Å². The van der Waals surface area contributed by atoms with Crippen LogP contribution >= 0.6 is 39.1 Å². The fourth-order valence-electron chi connectivity index (χ4n) is 1.83. The van der Waals surface area contributed by atoms with E-state index < -0.39 is 0 Å². The Balaban J connectivity index is 2.59. The van der Waals surface area contributed by atoms with Gasteiger partial charge in [-0.05, 0) is 36.8 Å². The molecule has 0 saturated carbocycles. The van der Waals surface area contributed by atoms with Crippen molar-refractivity contribution in [3.8, 4) is 5.75 Å². The summed E-state index contributed by atoms with van der Waals surface area (Å²) in [7, 11) is 1.53. The highest BCUT2D eigenvalue weighted by Crippen LogP contribution is 2.32. The van der Waals surface area contributed by atoms with Crippen molar-refractivity contribution in [3.63, 3.8) is 0 Å². The van der Waals surface area contributed by atoms with Crippen LogP contribution in [0.5, 0.6) is 5.75 Å². The van der Waals surface area contributed by atoms with E-state index in [2.05, 4.69) is 15.9 Å². The number of methoxy groups -OCH3 is 1. The molecule has 2 aromatic carbocycles. The number of carbonyl (C=O) groups excluding carboxylic acids is 1. The molecular formula is C15H11BrCl2O2. The molecule has 0 radical (unpaired) electrons. The van der Waals surface area contributed by atoms with Crippen LogP contribution in [0, 0.1) is 6.92 Å². The van der Waals surface area contributed by atoms with Crippen LogP contribution in [-0.2, 0) is 0 Å². The highest BCUT2D eigenvalue weighted by atomic mass is 79.9. The molecule has 0 unspecified atom stereocenters. The summed E-state index contributed by atoms with van der Waals surface area (Å²) in [4.78, 5) is 12.6. The van der Waals surface area contributed by atoms with Gasteiger partial charge in [0.15, 0.2) is 5.78 Å². The van der Waals surface area contributed by atoms with E-state index in [1.54, 1.807) is 30.3 Å². The van der Waals surface area contributed by atoms with Gasteiger partial charge in [0, 0.05) is 10.0 Å². The molecule has 2 nitrogen and oxygen atoms in total. The maximum Gasteiger partial charge on any atom is 0.198 e. The Hall–Kier alpha value is -1.03. The molecule has 0 aliphatic heterocycles. The minimum Gasteiger partial charge on any atom is -0.496 e. The first kappa shape index (κ1) is 15.4. The molecule has 104 valence electrons. The second-order valence-electron chi connectivity index (χ2n) is 4.23. The Kier molecular flexibility index (Phi) is 4.74. The van der Waals surface area contributed by atoms with Crippen LogP contribution in [0.4, 0.5) is 0 Å². The largest absolute Gasteiger partial charge is 0.496 e. The van der Waals surface area contributed by atoms with E-state index in [-0.39, 0.29) is 10.8 Å². The smallest absolute Gasteiger partial charge is 0.198 e. The van der Waals surface area contributed by atoms with Gasteiger partial charge in [0.1, 0.15) is 5.75 Å². The van der Waals surface area contributed by atoms with Gasteiger partial charge in [0.2, 0.25) is 0 Å². The summed E-state index contributed by atoms with van der Waals surface area (Å²) in [6, 6.07) is 8.51. The fourth-order valence-corrected chi connectivity index (χ4v) is 2.56. The van der Waals surface area contributed by atoms with Gasteiger partial charge in [0.05, 0.1) is 22.7 Å². The van der Waals surface area contributed by atoms with E-state index in [0.29, 0.717) is 21.9 Å². The van der Waals surface area contributed by atoms with Gasteiger partial charge in [-0.15, -0.1) is 0 Å². The van der Waals surface area contributed by atoms with E-state index in [0.717, 1.165) is 10.0 Å². The topological polar surface area (TPSA) is 26.3 Å². The molecule has 2 rings (SSSR count). The average molecular weight is 374 g/mol. The van der Waals surface area contributed by atoms with Crippen LogP contribution in [0.1, 0.15) is 21.5 Å². The molecule has 0 spiro atoms. The lowest BCUT2D eigenvalue weighted by molar-refractivity contribution is 0.103. The van der Waals surface area contributed by atoms with Crippen molar-refractivity contribution in [1.29, 1.82) is 0 Å². The van der Waals surface area contributed by atoms with Crippen molar-refractivity contribution >= 4 is 44.9 Å². The van der Waals surface area contributed by atoms with E-state index in [4.69, 9.17) is 27.9 Å². The van der Waals surface area contributed by atoms with E-state index in [1.807, 2.05) is 6.92 Å². The van der Waals surface area contributed by atoms with Crippen LogP contribution in [0.25, 0.3) is 0 Å². The average Bonchev–Trinajstić information content (AvgIpc) is 2.43. The standard InChI is InChI=1S/C15H11BrCl2O2/c1-8-6-13(20-2)10(7-11(8)16)15(19)9-4-3-5-12(17)14(9)18/h3-7H,1-2H3. The summed E-state index contributed by atoms with van der Waals surface area (Å²) in [6.07, 6.45) is 0. The number of hydrogen-bond acceptors (Lipinski definition) is 2. The van der Waals surface area contributed by atoms with Gasteiger partial charge in [-0.25, -0.2) is 0 Å². The lowest BCUT2D eigenvalue weighted by Gasteiger charge is -2.11. The fraction of sp³-hybridized carbons (Fsp3) is 0.133. The van der Waals surface area contributed by atoms with Crippen LogP contribution < -0.4 is 4.74 Å². The monoisotopic (exact) mass is 372 g/mol. The van der Waals surface area contributed by atoms with Crippen LogP contribution in [0.2, 0.25) is 10.0 Å². The van der Waals surface area contributed by atoms with Crippen molar-refractivity contribution in [3.05, 3.63) is 61.5 Å². The summed E-state index contributed by atoms with van der Waals surface area (Å²) in [6.45, 7) is 1.92. The normalized spacial score (nSPS) is 10.4. The highest BCUT2D eigenvalue weighted by molar-refractivity contribution is 9.10. The summed E-state index contributed by atoms with van der Waals surface area (Å²) in [5, 5.41) is 0.598. The van der Waals surface area contributed by atoms with Crippen LogP contribution in [0.15, 0.2) is 34.8 Å².